The van der Waals surface area contributed by atoms with Gasteiger partial charge in [0.15, 0.2) is 0 Å². The van der Waals surface area contributed by atoms with Crippen molar-refractivity contribution in [1.29, 1.82) is 0 Å². The minimum absolute atomic E-state index is 0.0542. The Balaban J connectivity index is 1.91. The van der Waals surface area contributed by atoms with Crippen molar-refractivity contribution in [3.05, 3.63) is 36.2 Å². The summed E-state index contributed by atoms with van der Waals surface area (Å²) < 4.78 is 63.9. The molecule has 3 rings (SSSR count). The molecule has 2 N–H and O–H groups in total. The molecule has 11 nitrogen and oxygen atoms in total. The first-order valence-corrected chi connectivity index (χ1v) is 19.6. The Kier molecular flexibility index (Phi) is 12.4. The highest BCUT2D eigenvalue weighted by Gasteiger charge is 2.42. The number of thioether (sulfide) groups is 4. The van der Waals surface area contributed by atoms with Crippen LogP contribution >= 0.6 is 47.0 Å². The first-order valence-electron chi connectivity index (χ1n) is 11.8. The largest absolute Gasteiger partial charge is 0.299 e. The van der Waals surface area contributed by atoms with Crippen LogP contribution in [0.1, 0.15) is 41.2 Å². The van der Waals surface area contributed by atoms with Crippen LogP contribution in [0.15, 0.2) is 34.8 Å². The molecule has 2 aromatic rings. The molecule has 1 fully saturated rings. The Morgan fingerprint density at radius 2 is 1.18 bits per heavy atom. The lowest BCUT2D eigenvalue weighted by molar-refractivity contribution is -0.129. The average molecular weight is 655 g/mol. The second kappa shape index (κ2) is 14.8. The van der Waals surface area contributed by atoms with E-state index in [4.69, 9.17) is 0 Å². The van der Waals surface area contributed by atoms with E-state index in [0.29, 0.717) is 40.7 Å². The van der Waals surface area contributed by atoms with Crippen LogP contribution in [-0.2, 0) is 25.0 Å². The van der Waals surface area contributed by atoms with Gasteiger partial charge in [0, 0.05) is 23.3 Å². The molecule has 216 valence electrons. The van der Waals surface area contributed by atoms with Crippen LogP contribution < -0.4 is 0 Å². The highest BCUT2D eigenvalue weighted by molar-refractivity contribution is 8.01. The number of hydrogen-bond acceptors (Lipinski definition) is 13. The van der Waals surface area contributed by atoms with Crippen molar-refractivity contribution in [3.63, 3.8) is 0 Å². The number of nitrogens with zero attached hydrogens (tertiary/aromatic N) is 4. The van der Waals surface area contributed by atoms with Crippen LogP contribution in [0.25, 0.3) is 0 Å². The van der Waals surface area contributed by atoms with E-state index in [1.807, 2.05) is 12.5 Å². The summed E-state index contributed by atoms with van der Waals surface area (Å²) in [6.45, 7) is 0. The van der Waals surface area contributed by atoms with Gasteiger partial charge >= 0.3 is 0 Å². The lowest BCUT2D eigenvalue weighted by Crippen LogP contribution is -2.35. The van der Waals surface area contributed by atoms with Crippen LogP contribution in [0.2, 0.25) is 0 Å². The van der Waals surface area contributed by atoms with Crippen molar-refractivity contribution < 1.29 is 30.7 Å². The van der Waals surface area contributed by atoms with Crippen molar-refractivity contribution in [2.75, 3.05) is 35.5 Å². The van der Waals surface area contributed by atoms with E-state index in [1.165, 1.54) is 47.0 Å². The third-order valence-electron chi connectivity index (χ3n) is 6.07. The molecule has 4 unspecified atom stereocenters. The quantitative estimate of drug-likeness (QED) is 0.222. The first-order chi connectivity index (χ1) is 18.4. The number of hydrogen-bond donors (Lipinski definition) is 2. The van der Waals surface area contributed by atoms with Crippen molar-refractivity contribution in [3.8, 4) is 0 Å². The van der Waals surface area contributed by atoms with Crippen LogP contribution in [0.5, 0.6) is 0 Å². The molecule has 1 saturated carbocycles. The summed E-state index contributed by atoms with van der Waals surface area (Å²) in [5, 5.41) is 0.435. The fourth-order valence-corrected chi connectivity index (χ4v) is 9.44. The number of carbonyl (C=O) groups is 1. The predicted octanol–water partition coefficient (Wildman–Crippen LogP) is 3.72. The van der Waals surface area contributed by atoms with E-state index in [2.05, 4.69) is 19.9 Å². The molecule has 2 aromatic heterocycles. The zero-order valence-electron chi connectivity index (χ0n) is 21.2. The minimum atomic E-state index is -4.18. The molecule has 0 spiro atoms. The molecule has 17 heteroatoms. The third-order valence-corrected chi connectivity index (χ3v) is 12.0. The molecule has 2 heterocycles. The maximum atomic E-state index is 14.1. The molecule has 4 atom stereocenters. The molecular weight excluding hydrogens is 625 g/mol. The summed E-state index contributed by atoms with van der Waals surface area (Å²) in [4.78, 5) is 31.8. The second-order valence-corrected chi connectivity index (χ2v) is 16.0. The SMILES string of the molecule is CSc1cnc(C(SCCS(=O)(=O)O)C2CCCC(C(SCCS(=O)(=O)O)c3cnc(SC)cn3)C2=O)cn1. The predicted molar refractivity (Wildman–Crippen MR) is 157 cm³/mol. The summed E-state index contributed by atoms with van der Waals surface area (Å²) in [6.07, 6.45) is 12.0. The van der Waals surface area contributed by atoms with Gasteiger partial charge in [0.05, 0.1) is 58.2 Å². The molecule has 0 bridgehead atoms. The molecule has 0 saturated heterocycles. The van der Waals surface area contributed by atoms with Gasteiger partial charge < -0.3 is 0 Å². The van der Waals surface area contributed by atoms with Crippen molar-refractivity contribution in [2.24, 2.45) is 11.8 Å². The van der Waals surface area contributed by atoms with Gasteiger partial charge in [0.25, 0.3) is 20.2 Å². The Labute approximate surface area is 245 Å². The van der Waals surface area contributed by atoms with Gasteiger partial charge in [0.2, 0.25) is 0 Å². The lowest BCUT2D eigenvalue weighted by atomic mass is 9.76. The zero-order chi connectivity index (χ0) is 28.6. The topological polar surface area (TPSA) is 177 Å². The van der Waals surface area contributed by atoms with Crippen molar-refractivity contribution in [1.82, 2.24) is 19.9 Å². The van der Waals surface area contributed by atoms with Crippen molar-refractivity contribution >= 4 is 73.1 Å². The molecule has 0 radical (unpaired) electrons. The van der Waals surface area contributed by atoms with E-state index in [0.717, 1.165) is 0 Å². The molecule has 1 aliphatic rings. The Morgan fingerprint density at radius 1 is 0.769 bits per heavy atom. The molecule has 0 aliphatic heterocycles. The zero-order valence-corrected chi connectivity index (χ0v) is 26.1. The summed E-state index contributed by atoms with van der Waals surface area (Å²) in [5.41, 5.74) is 1.10. The van der Waals surface area contributed by atoms with Gasteiger partial charge in [0.1, 0.15) is 15.8 Å². The fraction of sp³-hybridized carbons (Fsp3) is 0.591. The summed E-state index contributed by atoms with van der Waals surface area (Å²) >= 11 is 5.33. The van der Waals surface area contributed by atoms with Gasteiger partial charge in [-0.15, -0.1) is 23.5 Å². The van der Waals surface area contributed by atoms with Gasteiger partial charge in [-0.05, 0) is 25.4 Å². The molecule has 1 aliphatic carbocycles. The monoisotopic (exact) mass is 654 g/mol. The van der Waals surface area contributed by atoms with Crippen LogP contribution in [0.3, 0.4) is 0 Å². The molecule has 39 heavy (non-hydrogen) atoms. The highest BCUT2D eigenvalue weighted by atomic mass is 32.2. The highest BCUT2D eigenvalue weighted by Crippen LogP contribution is 2.48. The average Bonchev–Trinajstić information content (AvgIpc) is 2.89. The molecular formula is C22H30N4O7S6. The summed E-state index contributed by atoms with van der Waals surface area (Å²) in [7, 11) is -8.36. The maximum absolute atomic E-state index is 14.1. The fourth-order valence-electron chi connectivity index (χ4n) is 4.25. The van der Waals surface area contributed by atoms with E-state index >= 15 is 0 Å². The number of Topliss-reactive ketones (excluding diaryl/α,β-unsaturated/α-hetero) is 1. The van der Waals surface area contributed by atoms with Crippen LogP contribution in [0.4, 0.5) is 0 Å². The van der Waals surface area contributed by atoms with E-state index in [1.54, 1.807) is 24.8 Å². The first kappa shape index (κ1) is 32.6. The Morgan fingerprint density at radius 3 is 1.49 bits per heavy atom. The minimum Gasteiger partial charge on any atom is -0.299 e. The normalized spacial score (nSPS) is 20.1. The van der Waals surface area contributed by atoms with Gasteiger partial charge in [-0.1, -0.05) is 6.42 Å². The van der Waals surface area contributed by atoms with Crippen molar-refractivity contribution in [2.45, 2.75) is 39.8 Å². The number of carbonyl (C=O) groups excluding carboxylic acids is 1. The summed E-state index contributed by atoms with van der Waals surface area (Å²) in [5.74, 6) is -1.85. The molecule has 0 aromatic carbocycles. The maximum Gasteiger partial charge on any atom is 0.265 e. The standard InChI is InChI=1S/C22H30N4O7S6/c1-34-18-12-23-16(10-25-18)21(36-6-8-38(28,29)30)14-4-3-5-15(20(14)27)22(37-7-9-39(31,32)33)17-11-26-19(35-2)13-24-17/h10-15,21-22H,3-9H2,1-2H3,(H,28,29,30)(H,31,32,33). The lowest BCUT2D eigenvalue weighted by Gasteiger charge is -2.36. The van der Waals surface area contributed by atoms with Crippen LogP contribution in [0, 0.1) is 11.8 Å². The Hall–Kier alpha value is -0.950. The van der Waals surface area contributed by atoms with Crippen LogP contribution in [-0.4, -0.2) is 87.2 Å². The summed E-state index contributed by atoms with van der Waals surface area (Å²) in [6, 6.07) is 0. The third kappa shape index (κ3) is 10.1. The Bertz CT molecular complexity index is 1210. The second-order valence-electron chi connectivity index (χ2n) is 8.67. The number of ketones is 1. The van der Waals surface area contributed by atoms with Gasteiger partial charge in [-0.3, -0.25) is 23.9 Å². The van der Waals surface area contributed by atoms with E-state index < -0.39 is 54.1 Å². The van der Waals surface area contributed by atoms with E-state index in [9.17, 15) is 30.7 Å². The van der Waals surface area contributed by atoms with Gasteiger partial charge in [-0.2, -0.15) is 40.4 Å². The molecule has 0 amide bonds. The van der Waals surface area contributed by atoms with Gasteiger partial charge in [-0.25, -0.2) is 9.97 Å². The van der Waals surface area contributed by atoms with E-state index in [-0.39, 0.29) is 17.3 Å². The number of aromatic nitrogens is 4. The number of rotatable bonds is 14. The smallest absolute Gasteiger partial charge is 0.265 e.